The number of rotatable bonds is 6. The van der Waals surface area contributed by atoms with Crippen molar-refractivity contribution >= 4 is 27.5 Å². The van der Waals surface area contributed by atoms with E-state index in [4.69, 9.17) is 16.1 Å². The highest BCUT2D eigenvalue weighted by atomic mass is 19.1. The fourth-order valence-electron chi connectivity index (χ4n) is 9.08. The Morgan fingerprint density at radius 1 is 1.17 bits per heavy atom. The smallest absolute Gasteiger partial charge is 0.319 e. The summed E-state index contributed by atoms with van der Waals surface area (Å²) in [6, 6.07) is 5.84. The summed E-state index contributed by atoms with van der Waals surface area (Å²) >= 11 is 0. The number of phenolic OH excluding ortho intramolecular Hbond substituents is 1. The molecule has 0 spiro atoms. The molecule has 2 aromatic carbocycles. The molecular weight excluding hydrogens is 617 g/mol. The molecule has 2 bridgehead atoms. The quantitative estimate of drug-likeness (QED) is 0.246. The summed E-state index contributed by atoms with van der Waals surface area (Å²) in [6.45, 7) is 3.10. The molecule has 246 valence electrons. The first-order chi connectivity index (χ1) is 23.3. The van der Waals surface area contributed by atoms with Gasteiger partial charge in [0.1, 0.15) is 35.2 Å². The SMILES string of the molecule is C#Cc1c(F)ccc2cc(O)cc(-c3ncc4c(N5CC6CCC(C7CC7)(C5)N6)nc(OC[C@@]56CCCN5C/C(=C\F)C6)nc4c3F)c12. The molecule has 0 amide bonds. The van der Waals surface area contributed by atoms with Crippen molar-refractivity contribution in [1.29, 1.82) is 0 Å². The van der Waals surface area contributed by atoms with E-state index in [0.29, 0.717) is 48.3 Å². The number of terminal acetylenes is 1. The maximum atomic E-state index is 17.0. The van der Waals surface area contributed by atoms with E-state index in [-0.39, 0.29) is 63.2 Å². The van der Waals surface area contributed by atoms with Crippen LogP contribution in [0.25, 0.3) is 32.9 Å². The topological polar surface area (TPSA) is 86.6 Å². The average Bonchev–Trinajstić information content (AvgIpc) is 3.70. The number of anilines is 1. The number of pyridine rings is 1. The zero-order valence-corrected chi connectivity index (χ0v) is 26.4. The minimum absolute atomic E-state index is 0.00837. The van der Waals surface area contributed by atoms with Crippen LogP contribution >= 0.6 is 0 Å². The lowest BCUT2D eigenvalue weighted by Gasteiger charge is -2.42. The fraction of sp³-hybridized carbons (Fsp3) is 0.432. The molecule has 5 aliphatic rings. The number of nitrogens with zero attached hydrogens (tertiary/aromatic N) is 5. The van der Waals surface area contributed by atoms with Crippen LogP contribution in [-0.2, 0) is 0 Å². The van der Waals surface area contributed by atoms with Gasteiger partial charge in [-0.1, -0.05) is 12.0 Å². The molecule has 1 aliphatic carbocycles. The van der Waals surface area contributed by atoms with Crippen molar-refractivity contribution < 1.29 is 23.0 Å². The van der Waals surface area contributed by atoms with Crippen LogP contribution in [0.15, 0.2) is 42.4 Å². The summed E-state index contributed by atoms with van der Waals surface area (Å²) < 4.78 is 51.8. The highest BCUT2D eigenvalue weighted by Crippen LogP contribution is 2.49. The Morgan fingerprint density at radius 2 is 2.04 bits per heavy atom. The normalized spacial score (nSPS) is 27.7. The molecule has 2 aromatic heterocycles. The van der Waals surface area contributed by atoms with Gasteiger partial charge >= 0.3 is 6.01 Å². The van der Waals surface area contributed by atoms with E-state index in [0.717, 1.165) is 44.3 Å². The predicted molar refractivity (Wildman–Crippen MR) is 176 cm³/mol. The van der Waals surface area contributed by atoms with Gasteiger partial charge in [0.25, 0.3) is 0 Å². The van der Waals surface area contributed by atoms with E-state index in [2.05, 4.69) is 31.0 Å². The van der Waals surface area contributed by atoms with Crippen LogP contribution < -0.4 is 15.0 Å². The van der Waals surface area contributed by atoms with Crippen LogP contribution in [0, 0.1) is 29.9 Å². The number of ether oxygens (including phenoxy) is 1. The molecule has 4 aliphatic heterocycles. The second-order valence-electron chi connectivity index (χ2n) is 14.3. The van der Waals surface area contributed by atoms with Crippen molar-refractivity contribution in [2.45, 2.75) is 62.1 Å². The zero-order chi connectivity index (χ0) is 32.8. The summed E-state index contributed by atoms with van der Waals surface area (Å²) in [5.41, 5.74) is 0.372. The fourth-order valence-corrected chi connectivity index (χ4v) is 9.08. The molecule has 3 atom stereocenters. The van der Waals surface area contributed by atoms with Crippen molar-refractivity contribution in [3.63, 3.8) is 0 Å². The van der Waals surface area contributed by atoms with Gasteiger partial charge in [0.2, 0.25) is 0 Å². The number of aromatic hydroxyl groups is 1. The van der Waals surface area contributed by atoms with Gasteiger partial charge in [-0.25, -0.2) is 13.2 Å². The third kappa shape index (κ3) is 4.56. The van der Waals surface area contributed by atoms with Crippen molar-refractivity contribution in [2.75, 3.05) is 37.7 Å². The lowest BCUT2D eigenvalue weighted by molar-refractivity contribution is 0.108. The maximum absolute atomic E-state index is 17.0. The number of hydrogen-bond acceptors (Lipinski definition) is 8. The Labute approximate surface area is 276 Å². The number of aromatic nitrogens is 3. The van der Waals surface area contributed by atoms with E-state index in [1.165, 1.54) is 37.1 Å². The number of piperazine rings is 1. The van der Waals surface area contributed by atoms with Gasteiger partial charge in [-0.05, 0) is 86.6 Å². The highest BCUT2D eigenvalue weighted by molar-refractivity contribution is 6.03. The first kappa shape index (κ1) is 29.7. The van der Waals surface area contributed by atoms with Gasteiger partial charge in [0.05, 0.1) is 22.8 Å². The third-order valence-electron chi connectivity index (χ3n) is 11.4. The summed E-state index contributed by atoms with van der Waals surface area (Å²) in [6.07, 6.45) is 14.9. The monoisotopic (exact) mass is 652 g/mol. The van der Waals surface area contributed by atoms with Gasteiger partial charge in [-0.2, -0.15) is 9.97 Å². The molecule has 1 saturated carbocycles. The van der Waals surface area contributed by atoms with Crippen molar-refractivity contribution in [3.05, 3.63) is 59.6 Å². The first-order valence-corrected chi connectivity index (χ1v) is 16.8. The molecule has 8 nitrogen and oxygen atoms in total. The summed E-state index contributed by atoms with van der Waals surface area (Å²) in [5.74, 6) is 2.03. The number of nitrogens with one attached hydrogen (secondary N) is 1. The van der Waals surface area contributed by atoms with Crippen molar-refractivity contribution in [1.82, 2.24) is 25.2 Å². The molecule has 4 aromatic rings. The molecule has 48 heavy (non-hydrogen) atoms. The van der Waals surface area contributed by atoms with Crippen LogP contribution in [0.1, 0.15) is 50.5 Å². The van der Waals surface area contributed by atoms with Crippen LogP contribution in [0.2, 0.25) is 0 Å². The Bertz CT molecular complexity index is 2080. The Balaban J connectivity index is 1.19. The lowest BCUT2D eigenvalue weighted by atomic mass is 9.90. The number of hydrogen-bond donors (Lipinski definition) is 2. The standard InChI is InChI=1S/C37H35F3N6O2/c1-2-26-29(39)7-4-22-12-25(47)13-27(30(22)26)32-31(40)33-28(16-41-32)34(45-18-24-8-10-37(19-45,44-24)23-5-6-23)43-35(42-33)48-20-36-9-3-11-46(36)17-21(14-36)15-38/h1,4,7,12-13,15-16,23-24,44,47H,3,5-6,8-11,14,17-20H2/b21-15-/t24?,36-,37?/m0/s1. The van der Waals surface area contributed by atoms with Crippen LogP contribution in [0.4, 0.5) is 19.0 Å². The highest BCUT2D eigenvalue weighted by Gasteiger charge is 2.53. The zero-order valence-electron chi connectivity index (χ0n) is 26.4. The van der Waals surface area contributed by atoms with Crippen molar-refractivity contribution in [3.8, 4) is 35.4 Å². The van der Waals surface area contributed by atoms with E-state index < -0.39 is 11.6 Å². The van der Waals surface area contributed by atoms with Crippen LogP contribution in [-0.4, -0.2) is 74.9 Å². The van der Waals surface area contributed by atoms with E-state index >= 15 is 4.39 Å². The third-order valence-corrected chi connectivity index (χ3v) is 11.4. The predicted octanol–water partition coefficient (Wildman–Crippen LogP) is 6.00. The van der Waals surface area contributed by atoms with E-state index in [1.54, 1.807) is 6.20 Å². The van der Waals surface area contributed by atoms with Gasteiger partial charge in [-0.3, -0.25) is 9.88 Å². The Morgan fingerprint density at radius 3 is 2.85 bits per heavy atom. The lowest BCUT2D eigenvalue weighted by Crippen LogP contribution is -2.61. The summed E-state index contributed by atoms with van der Waals surface area (Å²) in [7, 11) is 0. The molecule has 2 unspecified atom stereocenters. The molecule has 2 N–H and O–H groups in total. The van der Waals surface area contributed by atoms with Crippen LogP contribution in [0.3, 0.4) is 0 Å². The number of phenols is 1. The minimum Gasteiger partial charge on any atom is -0.508 e. The van der Waals surface area contributed by atoms with Crippen molar-refractivity contribution in [2.24, 2.45) is 5.92 Å². The van der Waals surface area contributed by atoms with Gasteiger partial charge in [-0.15, -0.1) is 6.42 Å². The molecule has 6 heterocycles. The van der Waals surface area contributed by atoms with E-state index in [9.17, 15) is 13.9 Å². The largest absolute Gasteiger partial charge is 0.508 e. The molecule has 9 rings (SSSR count). The number of fused-ring (bicyclic) bond motifs is 5. The van der Waals surface area contributed by atoms with Gasteiger partial charge in [0.15, 0.2) is 5.82 Å². The number of benzene rings is 2. The van der Waals surface area contributed by atoms with Crippen LogP contribution in [0.5, 0.6) is 11.8 Å². The van der Waals surface area contributed by atoms with Gasteiger partial charge in [0, 0.05) is 48.4 Å². The first-order valence-electron chi connectivity index (χ1n) is 16.8. The molecule has 11 heteroatoms. The second-order valence-corrected chi connectivity index (χ2v) is 14.3. The van der Waals surface area contributed by atoms with E-state index in [1.807, 2.05) is 0 Å². The molecule has 0 radical (unpaired) electrons. The average molecular weight is 653 g/mol. The molecule has 4 saturated heterocycles. The minimum atomic E-state index is -0.751. The summed E-state index contributed by atoms with van der Waals surface area (Å²) in [5, 5.41) is 15.6. The summed E-state index contributed by atoms with van der Waals surface area (Å²) in [4.78, 5) is 18.6. The maximum Gasteiger partial charge on any atom is 0.319 e. The molecular formula is C37H35F3N6O2. The molecule has 5 fully saturated rings. The Kier molecular flexibility index (Phi) is 6.69. The second kappa shape index (κ2) is 10.8. The Hall–Kier alpha value is -4.40. The van der Waals surface area contributed by atoms with Gasteiger partial charge < -0.3 is 20.1 Å². The number of halogens is 3.